The van der Waals surface area contributed by atoms with Gasteiger partial charge >= 0.3 is 0 Å². The molecule has 0 N–H and O–H groups in total. The molecule has 20 aromatic carbocycles. The lowest BCUT2D eigenvalue weighted by Gasteiger charge is -2.15. The van der Waals surface area contributed by atoms with E-state index >= 15 is 0 Å². The van der Waals surface area contributed by atoms with Crippen molar-refractivity contribution in [3.05, 3.63) is 413 Å². The van der Waals surface area contributed by atoms with E-state index in [4.69, 9.17) is 0 Å². The van der Waals surface area contributed by atoms with Crippen LogP contribution >= 0.6 is 0 Å². The molecule has 4 aromatic heterocycles. The quantitative estimate of drug-likeness (QED) is 0.135. The number of para-hydroxylation sites is 6. The molecule has 0 saturated carbocycles. The first-order valence-corrected chi connectivity index (χ1v) is 38.7. The van der Waals surface area contributed by atoms with E-state index in [9.17, 15) is 0 Å². The fourth-order valence-electron chi connectivity index (χ4n) is 18.7. The number of aromatic nitrogens is 4. The summed E-state index contributed by atoms with van der Waals surface area (Å²) in [5.74, 6) is 0. The summed E-state index contributed by atoms with van der Waals surface area (Å²) in [5.41, 5.74) is 24.1. The maximum absolute atomic E-state index is 2.44. The lowest BCUT2D eigenvalue weighted by molar-refractivity contribution is 1.18. The summed E-state index contributed by atoms with van der Waals surface area (Å²) < 4.78 is 9.60. The van der Waals surface area contributed by atoms with Crippen LogP contribution < -0.4 is 0 Å². The average molecular weight is 1420 g/mol. The van der Waals surface area contributed by atoms with Crippen LogP contribution in [-0.2, 0) is 0 Å². The summed E-state index contributed by atoms with van der Waals surface area (Å²) in [5, 5.41) is 25.5. The van der Waals surface area contributed by atoms with E-state index in [-0.39, 0.29) is 0 Å². The second-order valence-corrected chi connectivity index (χ2v) is 29.8. The third-order valence-electron chi connectivity index (χ3n) is 23.7. The minimum absolute atomic E-state index is 1.15. The molecule has 4 heteroatoms. The number of hydrogen-bond acceptors (Lipinski definition) is 0. The Labute approximate surface area is 645 Å². The van der Waals surface area contributed by atoms with Crippen LogP contribution in [0.5, 0.6) is 0 Å². The van der Waals surface area contributed by atoms with Gasteiger partial charge in [-0.3, -0.25) is 0 Å². The highest BCUT2D eigenvalue weighted by atomic mass is 15.0. The van der Waals surface area contributed by atoms with Crippen molar-refractivity contribution in [2.45, 2.75) is 0 Å². The van der Waals surface area contributed by atoms with Gasteiger partial charge in [0.05, 0.1) is 44.1 Å². The predicted octanol–water partition coefficient (Wildman–Crippen LogP) is 29.3. The summed E-state index contributed by atoms with van der Waals surface area (Å²) in [6.07, 6.45) is 0. The standard InChI is InChI=1S/2C54H34N2/c1-2-15-40(16-3-1)55-50-23-10-8-20-44(50)48-32-36(27-29-52(48)55)37-28-30-53-49(33-37)45-21-9-11-24-51(45)56(53)41-17-12-14-38(31-41)47-34-39-26-25-35-13-4-5-18-42(35)54(39)46-22-7-6-19-43(46)47;1-2-13-40(14-3-1)55-50-20-10-8-17-44(50)48-32-37(26-30-52(48)55)38-27-31-53-49(33-38)45-18-9-11-21-51(45)56(53)41-28-24-36(25-29-41)47-34-39-23-22-35-12-4-5-15-42(35)54(39)46-19-7-6-16-43(46)47/h2*1-34H. The second-order valence-electron chi connectivity index (χ2n) is 29.8. The van der Waals surface area contributed by atoms with E-state index < -0.39 is 0 Å². The van der Waals surface area contributed by atoms with Crippen molar-refractivity contribution in [3.8, 4) is 67.3 Å². The zero-order valence-electron chi connectivity index (χ0n) is 61.0. The van der Waals surface area contributed by atoms with Crippen molar-refractivity contribution >= 4 is 152 Å². The Balaban J connectivity index is 0.000000134. The monoisotopic (exact) mass is 1420 g/mol. The van der Waals surface area contributed by atoms with Gasteiger partial charge in [0, 0.05) is 65.8 Å². The molecule has 0 fully saturated rings. The van der Waals surface area contributed by atoms with E-state index in [1.54, 1.807) is 0 Å². The maximum atomic E-state index is 2.44. The predicted molar refractivity (Wildman–Crippen MR) is 477 cm³/mol. The Hall–Kier alpha value is -14.8. The molecule has 4 nitrogen and oxygen atoms in total. The van der Waals surface area contributed by atoms with Gasteiger partial charge in [0.25, 0.3) is 0 Å². The molecule has 0 aliphatic heterocycles. The fourth-order valence-corrected chi connectivity index (χ4v) is 18.7. The number of fused-ring (bicyclic) bond motifs is 22. The molecule has 0 unspecified atom stereocenters. The number of benzene rings is 20. The lowest BCUT2D eigenvalue weighted by atomic mass is 9.90. The summed E-state index contributed by atoms with van der Waals surface area (Å²) in [7, 11) is 0. The molecule has 24 aromatic rings. The number of nitrogens with zero attached hydrogens (tertiary/aromatic N) is 4. The normalized spacial score (nSPS) is 11.9. The van der Waals surface area contributed by atoms with Crippen LogP contribution in [0.1, 0.15) is 0 Å². The summed E-state index contributed by atoms with van der Waals surface area (Å²) in [6, 6.07) is 151. The smallest absolute Gasteiger partial charge is 0.0541 e. The van der Waals surface area contributed by atoms with Crippen LogP contribution in [0.3, 0.4) is 0 Å². The zero-order valence-corrected chi connectivity index (χ0v) is 61.0. The van der Waals surface area contributed by atoms with Crippen LogP contribution in [0, 0.1) is 0 Å². The van der Waals surface area contributed by atoms with Gasteiger partial charge in [-0.2, -0.15) is 0 Å². The molecule has 0 bridgehead atoms. The van der Waals surface area contributed by atoms with Crippen molar-refractivity contribution in [3.63, 3.8) is 0 Å². The molecule has 0 aliphatic carbocycles. The van der Waals surface area contributed by atoms with E-state index in [1.807, 2.05) is 0 Å². The van der Waals surface area contributed by atoms with Crippen LogP contribution in [0.2, 0.25) is 0 Å². The molecule has 4 heterocycles. The summed E-state index contributed by atoms with van der Waals surface area (Å²) in [4.78, 5) is 0. The van der Waals surface area contributed by atoms with Crippen molar-refractivity contribution in [2.75, 3.05) is 0 Å². The minimum Gasteiger partial charge on any atom is -0.309 e. The van der Waals surface area contributed by atoms with Crippen LogP contribution in [-0.4, -0.2) is 18.3 Å². The van der Waals surface area contributed by atoms with Crippen LogP contribution in [0.4, 0.5) is 0 Å². The van der Waals surface area contributed by atoms with Gasteiger partial charge in [0.2, 0.25) is 0 Å². The van der Waals surface area contributed by atoms with E-state index in [0.717, 1.165) is 11.4 Å². The second kappa shape index (κ2) is 25.4. The van der Waals surface area contributed by atoms with Crippen LogP contribution in [0.25, 0.3) is 219 Å². The topological polar surface area (TPSA) is 19.7 Å². The van der Waals surface area contributed by atoms with Gasteiger partial charge < -0.3 is 18.3 Å². The molecule has 0 atom stereocenters. The summed E-state index contributed by atoms with van der Waals surface area (Å²) in [6.45, 7) is 0. The van der Waals surface area contributed by atoms with Crippen molar-refractivity contribution in [1.82, 2.24) is 18.3 Å². The highest BCUT2D eigenvalue weighted by Gasteiger charge is 2.22. The molecular formula is C108H68N4. The highest BCUT2D eigenvalue weighted by Crippen LogP contribution is 2.46. The van der Waals surface area contributed by atoms with Gasteiger partial charge in [-0.15, -0.1) is 0 Å². The zero-order chi connectivity index (χ0) is 73.5. The van der Waals surface area contributed by atoms with Crippen LogP contribution in [0.15, 0.2) is 413 Å². The number of rotatable bonds is 8. The van der Waals surface area contributed by atoms with Crippen molar-refractivity contribution in [1.29, 1.82) is 0 Å². The van der Waals surface area contributed by atoms with E-state index in [0.29, 0.717) is 0 Å². The largest absolute Gasteiger partial charge is 0.309 e. The van der Waals surface area contributed by atoms with Gasteiger partial charge in [0.1, 0.15) is 0 Å². The number of hydrogen-bond donors (Lipinski definition) is 0. The fraction of sp³-hybridized carbons (Fsp3) is 0. The average Bonchev–Trinajstić information content (AvgIpc) is 1.72. The first kappa shape index (κ1) is 63.3. The highest BCUT2D eigenvalue weighted by molar-refractivity contribution is 6.25. The van der Waals surface area contributed by atoms with E-state index in [1.165, 1.54) is 208 Å². The first-order chi connectivity index (χ1) is 55.6. The van der Waals surface area contributed by atoms with Gasteiger partial charge in [-0.25, -0.2) is 0 Å². The Bertz CT molecular complexity index is 7990. The Morgan fingerprint density at radius 1 is 0.125 bits per heavy atom. The summed E-state index contributed by atoms with van der Waals surface area (Å²) >= 11 is 0. The van der Waals surface area contributed by atoms with Gasteiger partial charge in [-0.05, 0) is 243 Å². The Morgan fingerprint density at radius 2 is 0.402 bits per heavy atom. The van der Waals surface area contributed by atoms with E-state index in [2.05, 4.69) is 431 Å². The molecule has 24 rings (SSSR count). The molecule has 0 saturated heterocycles. The molecule has 0 amide bonds. The lowest BCUT2D eigenvalue weighted by Crippen LogP contribution is -1.95. The van der Waals surface area contributed by atoms with Crippen molar-refractivity contribution in [2.24, 2.45) is 0 Å². The molecule has 520 valence electrons. The molecule has 0 radical (unpaired) electrons. The third kappa shape index (κ3) is 9.95. The third-order valence-corrected chi connectivity index (χ3v) is 23.7. The molecule has 0 spiro atoms. The Morgan fingerprint density at radius 3 is 0.795 bits per heavy atom. The molecule has 112 heavy (non-hydrogen) atoms. The Kier molecular flexibility index (Phi) is 14.3. The molecule has 0 aliphatic rings. The van der Waals surface area contributed by atoms with Gasteiger partial charge in [0.15, 0.2) is 0 Å². The van der Waals surface area contributed by atoms with Gasteiger partial charge in [-0.1, -0.05) is 279 Å². The minimum atomic E-state index is 1.15. The molecular weight excluding hydrogens is 1350 g/mol. The maximum Gasteiger partial charge on any atom is 0.0541 e. The first-order valence-electron chi connectivity index (χ1n) is 38.7. The SMILES string of the molecule is c1ccc(-n2c3ccccc3c3cc(-c4ccc5c(c4)c4ccccc4n5-c4ccc(-c5cc6ccc7ccccc7c6c6ccccc56)cc4)ccc32)cc1.c1ccc(-n2c3ccccc3c3cc(-c4ccc5c(c4)c4ccccc4n5-c4cccc(-c5cc6ccc7ccccc7c6c6ccccc56)c4)ccc32)cc1. The van der Waals surface area contributed by atoms with Crippen molar-refractivity contribution < 1.29 is 0 Å².